The first-order valence-electron chi connectivity index (χ1n) is 6.96. The van der Waals surface area contributed by atoms with E-state index in [1.165, 1.54) is 18.4 Å². The van der Waals surface area contributed by atoms with Gasteiger partial charge in [0.25, 0.3) is 0 Å². The molecule has 1 aromatic rings. The van der Waals surface area contributed by atoms with E-state index in [4.69, 9.17) is 0 Å². The maximum atomic E-state index is 13.4. The second kappa shape index (κ2) is 7.60. The summed E-state index contributed by atoms with van der Waals surface area (Å²) in [6.07, 6.45) is 2.65. The Morgan fingerprint density at radius 3 is 2.40 bits per heavy atom. The lowest BCUT2D eigenvalue weighted by Crippen LogP contribution is -2.45. The Labute approximate surface area is 132 Å². The molecular formula is C15H23Cl2FN2. The molecule has 1 aliphatic carbocycles. The van der Waals surface area contributed by atoms with Crippen LogP contribution in [0.25, 0.3) is 0 Å². The quantitative estimate of drug-likeness (QED) is 0.919. The summed E-state index contributed by atoms with van der Waals surface area (Å²) in [6.45, 7) is 6.22. The lowest BCUT2D eigenvalue weighted by molar-refractivity contribution is 0.156. The summed E-state index contributed by atoms with van der Waals surface area (Å²) in [7, 11) is 0. The molecule has 1 N–H and O–H groups in total. The predicted molar refractivity (Wildman–Crippen MR) is 85.5 cm³/mol. The highest BCUT2D eigenvalue weighted by molar-refractivity contribution is 5.85. The summed E-state index contributed by atoms with van der Waals surface area (Å²) < 4.78 is 13.4. The summed E-state index contributed by atoms with van der Waals surface area (Å²) in [6, 6.07) is 6.15. The van der Waals surface area contributed by atoms with Crippen LogP contribution in [0.15, 0.2) is 18.2 Å². The molecule has 3 rings (SSSR count). The normalized spacial score (nSPS) is 20.7. The Morgan fingerprint density at radius 2 is 1.85 bits per heavy atom. The number of rotatable bonds is 3. The molecule has 1 aliphatic heterocycles. The fourth-order valence-electron chi connectivity index (χ4n) is 3.01. The van der Waals surface area contributed by atoms with Crippen LogP contribution in [0.5, 0.6) is 0 Å². The number of aryl methyl sites for hydroxylation is 1. The van der Waals surface area contributed by atoms with Crippen LogP contribution >= 0.6 is 24.8 Å². The first kappa shape index (κ1) is 17.7. The first-order chi connectivity index (χ1) is 8.75. The van der Waals surface area contributed by atoms with Crippen LogP contribution in [0.2, 0.25) is 0 Å². The van der Waals surface area contributed by atoms with Crippen LogP contribution in [0, 0.1) is 18.7 Å². The van der Waals surface area contributed by atoms with Crippen LogP contribution < -0.4 is 5.32 Å². The van der Waals surface area contributed by atoms with Crippen molar-refractivity contribution in [3.05, 3.63) is 35.1 Å². The van der Waals surface area contributed by atoms with Crippen molar-refractivity contribution in [2.24, 2.45) is 5.92 Å². The van der Waals surface area contributed by atoms with Crippen molar-refractivity contribution >= 4 is 24.8 Å². The summed E-state index contributed by atoms with van der Waals surface area (Å²) in [4.78, 5) is 2.57. The molecule has 0 aromatic heterocycles. The topological polar surface area (TPSA) is 15.3 Å². The fraction of sp³-hybridized carbons (Fsp3) is 0.600. The zero-order valence-corrected chi connectivity index (χ0v) is 13.4. The van der Waals surface area contributed by atoms with E-state index < -0.39 is 0 Å². The van der Waals surface area contributed by atoms with Gasteiger partial charge in [0.15, 0.2) is 0 Å². The summed E-state index contributed by atoms with van der Waals surface area (Å²) in [5.74, 6) is 0.696. The van der Waals surface area contributed by atoms with Crippen molar-refractivity contribution in [2.75, 3.05) is 26.2 Å². The zero-order chi connectivity index (χ0) is 12.5. The molecular weight excluding hydrogens is 298 g/mol. The second-order valence-electron chi connectivity index (χ2n) is 5.58. The molecule has 0 amide bonds. The molecule has 0 spiro atoms. The molecule has 1 heterocycles. The van der Waals surface area contributed by atoms with E-state index in [1.807, 2.05) is 19.1 Å². The molecule has 2 fully saturated rings. The van der Waals surface area contributed by atoms with Gasteiger partial charge in [0.05, 0.1) is 0 Å². The minimum atomic E-state index is -0.0893. The third kappa shape index (κ3) is 3.85. The van der Waals surface area contributed by atoms with Crippen molar-refractivity contribution in [1.29, 1.82) is 0 Å². The highest BCUT2D eigenvalue weighted by Gasteiger charge is 2.36. The van der Waals surface area contributed by atoms with E-state index >= 15 is 0 Å². The van der Waals surface area contributed by atoms with Crippen LogP contribution in [0.3, 0.4) is 0 Å². The van der Waals surface area contributed by atoms with Crippen molar-refractivity contribution in [1.82, 2.24) is 10.2 Å². The average molecular weight is 321 g/mol. The van der Waals surface area contributed by atoms with Gasteiger partial charge in [-0.1, -0.05) is 12.1 Å². The second-order valence-corrected chi connectivity index (χ2v) is 5.58. The van der Waals surface area contributed by atoms with Crippen molar-refractivity contribution in [2.45, 2.75) is 25.8 Å². The SMILES string of the molecule is Cc1cc([C@H](C2CC2)N2CCNCC2)ccc1F.Cl.Cl. The van der Waals surface area contributed by atoms with Crippen molar-refractivity contribution in [3.8, 4) is 0 Å². The molecule has 2 aliphatic rings. The Kier molecular flexibility index (Phi) is 6.73. The van der Waals surface area contributed by atoms with Crippen molar-refractivity contribution < 1.29 is 4.39 Å². The molecule has 0 radical (unpaired) electrons. The predicted octanol–water partition coefficient (Wildman–Crippen LogP) is 3.33. The largest absolute Gasteiger partial charge is 0.314 e. The lowest BCUT2D eigenvalue weighted by Gasteiger charge is -2.35. The number of nitrogens with one attached hydrogen (secondary N) is 1. The van der Waals surface area contributed by atoms with E-state index in [-0.39, 0.29) is 30.6 Å². The third-order valence-electron chi connectivity index (χ3n) is 4.14. The lowest BCUT2D eigenvalue weighted by atomic mass is 9.98. The molecule has 1 atom stereocenters. The molecule has 5 heteroatoms. The number of hydrogen-bond donors (Lipinski definition) is 1. The van der Waals surface area contributed by atoms with Crippen LogP contribution in [0.4, 0.5) is 4.39 Å². The molecule has 0 unspecified atom stereocenters. The molecule has 20 heavy (non-hydrogen) atoms. The average Bonchev–Trinajstić information content (AvgIpc) is 3.20. The minimum Gasteiger partial charge on any atom is -0.314 e. The van der Waals surface area contributed by atoms with Gasteiger partial charge in [-0.3, -0.25) is 4.90 Å². The van der Waals surface area contributed by atoms with Gasteiger partial charge in [-0.25, -0.2) is 4.39 Å². The van der Waals surface area contributed by atoms with E-state index in [9.17, 15) is 4.39 Å². The Balaban J connectivity index is 0.000001000. The van der Waals surface area contributed by atoms with Crippen molar-refractivity contribution in [3.63, 3.8) is 0 Å². The van der Waals surface area contributed by atoms with Gasteiger partial charge in [0.1, 0.15) is 5.82 Å². The van der Waals surface area contributed by atoms with E-state index in [1.54, 1.807) is 6.07 Å². The van der Waals surface area contributed by atoms with Gasteiger partial charge < -0.3 is 5.32 Å². The molecule has 1 aromatic carbocycles. The van der Waals surface area contributed by atoms with Gasteiger partial charge in [-0.05, 0) is 42.9 Å². The van der Waals surface area contributed by atoms with Crippen LogP contribution in [0.1, 0.15) is 30.0 Å². The number of benzene rings is 1. The van der Waals surface area contributed by atoms with E-state index in [2.05, 4.69) is 10.2 Å². The summed E-state index contributed by atoms with van der Waals surface area (Å²) in [5.41, 5.74) is 2.08. The number of hydrogen-bond acceptors (Lipinski definition) is 2. The molecule has 0 bridgehead atoms. The molecule has 2 nitrogen and oxygen atoms in total. The number of halogens is 3. The Hall–Kier alpha value is -0.350. The van der Waals surface area contributed by atoms with Gasteiger partial charge >= 0.3 is 0 Å². The van der Waals surface area contributed by atoms with Gasteiger partial charge in [-0.2, -0.15) is 0 Å². The summed E-state index contributed by atoms with van der Waals surface area (Å²) in [5, 5.41) is 3.40. The van der Waals surface area contributed by atoms with Gasteiger partial charge in [0.2, 0.25) is 0 Å². The molecule has 114 valence electrons. The van der Waals surface area contributed by atoms with Gasteiger partial charge in [0, 0.05) is 32.2 Å². The number of piperazine rings is 1. The van der Waals surface area contributed by atoms with E-state index in [0.717, 1.165) is 37.7 Å². The third-order valence-corrected chi connectivity index (χ3v) is 4.14. The Morgan fingerprint density at radius 1 is 1.20 bits per heavy atom. The first-order valence-corrected chi connectivity index (χ1v) is 6.96. The highest BCUT2D eigenvalue weighted by Crippen LogP contribution is 2.44. The standard InChI is InChI=1S/C15H21FN2.2ClH/c1-11-10-13(4-5-14(11)16)15(12-2-3-12)18-8-6-17-7-9-18;;/h4-5,10,12,15,17H,2-3,6-9H2,1H3;2*1H/t15-;;/m0../s1. The fourth-order valence-corrected chi connectivity index (χ4v) is 3.01. The Bertz CT molecular complexity index is 432. The summed E-state index contributed by atoms with van der Waals surface area (Å²) >= 11 is 0. The van der Waals surface area contributed by atoms with Crippen LogP contribution in [-0.4, -0.2) is 31.1 Å². The zero-order valence-electron chi connectivity index (χ0n) is 11.8. The van der Waals surface area contributed by atoms with Crippen LogP contribution in [-0.2, 0) is 0 Å². The monoisotopic (exact) mass is 320 g/mol. The molecule has 1 saturated carbocycles. The maximum absolute atomic E-state index is 13.4. The van der Waals surface area contributed by atoms with Gasteiger partial charge in [-0.15, -0.1) is 24.8 Å². The van der Waals surface area contributed by atoms with E-state index in [0.29, 0.717) is 6.04 Å². The smallest absolute Gasteiger partial charge is 0.126 e. The number of nitrogens with zero attached hydrogens (tertiary/aromatic N) is 1. The maximum Gasteiger partial charge on any atom is 0.126 e. The highest BCUT2D eigenvalue weighted by atomic mass is 35.5. The molecule has 1 saturated heterocycles. The minimum absolute atomic E-state index is 0.